The third-order valence-corrected chi connectivity index (χ3v) is 25.3. The van der Waals surface area contributed by atoms with Crippen LogP contribution in [-0.4, -0.2) is 27.2 Å². The highest BCUT2D eigenvalue weighted by Crippen LogP contribution is 2.63. The van der Waals surface area contributed by atoms with Crippen LogP contribution in [0.25, 0.3) is 63.9 Å². The molecule has 0 unspecified atom stereocenters. The van der Waals surface area contributed by atoms with Crippen LogP contribution in [0.1, 0.15) is 353 Å². The first-order valence-electron chi connectivity index (χ1n) is 45.1. The van der Waals surface area contributed by atoms with E-state index in [9.17, 15) is 0 Å². The van der Waals surface area contributed by atoms with Crippen molar-refractivity contribution in [2.24, 2.45) is 0 Å². The average Bonchev–Trinajstić information content (AvgIpc) is 0.714. The van der Waals surface area contributed by atoms with E-state index in [1.807, 2.05) is 48.5 Å². The van der Waals surface area contributed by atoms with Crippen LogP contribution in [-0.2, 0) is 0 Å². The van der Waals surface area contributed by atoms with Crippen LogP contribution in [0.4, 0.5) is 22.7 Å². The average molecular weight is 1560 g/mol. The van der Waals surface area contributed by atoms with Crippen LogP contribution in [0, 0.1) is 26.3 Å². The SMILES string of the molecule is [C-]#[N+]c1ccc(-c2c3c4cc5c2OCOc2c(cc6c(c2-c2ccc([N+]#[C-])cc2)OCOc2c(cc7c(c2-c2ccc([N+]#[C-])cc2)OCOc2c(cc(c(c2-c2ccc([N+]#[C-])cc2)OCO3)C4CCCCCCCCCCC)C7CCCCCCCCCCC)C6CCCCCCCCCCC)C5CCCCCCCCCCC)cc1. The lowest BCUT2D eigenvalue weighted by atomic mass is 9.73. The number of benzene rings is 8. The van der Waals surface area contributed by atoms with Gasteiger partial charge in [-0.15, -0.1) is 0 Å². The van der Waals surface area contributed by atoms with Gasteiger partial charge in [0.15, 0.2) is 22.7 Å². The molecule has 4 aliphatic heterocycles. The zero-order valence-corrected chi connectivity index (χ0v) is 70.0. The molecule has 5 aliphatic rings. The van der Waals surface area contributed by atoms with Gasteiger partial charge < -0.3 is 37.9 Å². The Morgan fingerprint density at radius 1 is 0.216 bits per heavy atom. The molecular weight excluding hydrogens is 1430 g/mol. The number of hydrogen-bond acceptors (Lipinski definition) is 8. The smallest absolute Gasteiger partial charge is 0.230 e. The lowest BCUT2D eigenvalue weighted by Crippen LogP contribution is -2.24. The molecular formula is C104H124N4O8. The van der Waals surface area contributed by atoms with Crippen LogP contribution in [0.15, 0.2) is 121 Å². The van der Waals surface area contributed by atoms with E-state index in [0.29, 0.717) is 68.7 Å². The van der Waals surface area contributed by atoms with Gasteiger partial charge in [-0.05, 0) is 72.2 Å². The third-order valence-electron chi connectivity index (χ3n) is 25.3. The van der Waals surface area contributed by atoms with Gasteiger partial charge in [0, 0.05) is 68.2 Å². The summed E-state index contributed by atoms with van der Waals surface area (Å²) in [7, 11) is 0. The van der Waals surface area contributed by atoms with Gasteiger partial charge in [-0.25, -0.2) is 19.4 Å². The fourth-order valence-corrected chi connectivity index (χ4v) is 19.1. The topological polar surface area (TPSA) is 91.3 Å². The molecule has 8 bridgehead atoms. The summed E-state index contributed by atoms with van der Waals surface area (Å²) < 4.78 is 60.1. The Kier molecular flexibility index (Phi) is 31.4. The molecule has 12 nitrogen and oxygen atoms in total. The Labute approximate surface area is 694 Å². The number of rotatable bonds is 44. The van der Waals surface area contributed by atoms with Gasteiger partial charge in [-0.1, -0.05) is 356 Å². The summed E-state index contributed by atoms with van der Waals surface area (Å²) in [4.78, 5) is 15.8. The number of unbranched alkanes of at least 4 members (excludes halogenated alkanes) is 32. The summed E-state index contributed by atoms with van der Waals surface area (Å²) in [6.45, 7) is 41.6. The Hall–Kier alpha value is -9.88. The summed E-state index contributed by atoms with van der Waals surface area (Å²) in [5, 5.41) is 0. The Morgan fingerprint density at radius 2 is 0.362 bits per heavy atom. The van der Waals surface area contributed by atoms with Crippen LogP contribution < -0.4 is 37.9 Å². The van der Waals surface area contributed by atoms with Crippen molar-refractivity contribution in [2.75, 3.05) is 27.2 Å². The number of ether oxygens (including phenoxy) is 8. The largest absolute Gasteiger partial charge is 0.456 e. The molecule has 0 amide bonds. The minimum atomic E-state index is -0.322. The summed E-state index contributed by atoms with van der Waals surface area (Å²) in [6.07, 6.45) is 45.3. The minimum Gasteiger partial charge on any atom is -0.456 e. The predicted molar refractivity (Wildman–Crippen MR) is 472 cm³/mol. The summed E-state index contributed by atoms with van der Waals surface area (Å²) in [5.41, 5.74) is 17.2. The molecule has 1 aliphatic carbocycles. The highest BCUT2D eigenvalue weighted by atomic mass is 16.7. The first-order chi connectivity index (χ1) is 57.3. The van der Waals surface area contributed by atoms with Crippen molar-refractivity contribution in [3.8, 4) is 90.5 Å². The molecule has 4 heterocycles. The molecule has 116 heavy (non-hydrogen) atoms. The maximum absolute atomic E-state index is 8.26. The molecule has 12 heteroatoms. The van der Waals surface area contributed by atoms with Gasteiger partial charge in [0.1, 0.15) is 46.0 Å². The molecule has 0 radical (unpaired) electrons. The predicted octanol–water partition coefficient (Wildman–Crippen LogP) is 32.0. The second-order valence-electron chi connectivity index (χ2n) is 33.3. The fourth-order valence-electron chi connectivity index (χ4n) is 19.1. The molecule has 8 aromatic rings. The molecule has 13 rings (SSSR count). The van der Waals surface area contributed by atoms with Crippen molar-refractivity contribution in [2.45, 2.75) is 308 Å². The number of hydrogen-bond donors (Lipinski definition) is 0. The normalized spacial score (nSPS) is 15.8. The minimum absolute atomic E-state index is 0.158. The van der Waals surface area contributed by atoms with Crippen LogP contribution >= 0.6 is 0 Å². The molecule has 8 aromatic carbocycles. The molecule has 0 atom stereocenters. The van der Waals surface area contributed by atoms with E-state index in [1.165, 1.54) is 154 Å². The van der Waals surface area contributed by atoms with E-state index in [0.717, 1.165) is 192 Å². The van der Waals surface area contributed by atoms with Crippen molar-refractivity contribution in [3.63, 3.8) is 0 Å². The Morgan fingerprint density at radius 3 is 0.509 bits per heavy atom. The second-order valence-corrected chi connectivity index (χ2v) is 33.3. The highest BCUT2D eigenvalue weighted by molar-refractivity contribution is 5.89. The maximum Gasteiger partial charge on any atom is 0.230 e. The van der Waals surface area contributed by atoms with Gasteiger partial charge in [0.25, 0.3) is 0 Å². The molecule has 0 N–H and O–H groups in total. The molecule has 0 fully saturated rings. The van der Waals surface area contributed by atoms with E-state index in [1.54, 1.807) is 0 Å². The fraction of sp³-hybridized carbons (Fsp3) is 0.500. The quantitative estimate of drug-likeness (QED) is 0.0276. The highest BCUT2D eigenvalue weighted by Gasteiger charge is 2.43. The standard InChI is InChI=1S/C104H124N4O8/c1-9-13-17-21-25-29-33-37-41-45-81-85-65-87-82(46-42-38-34-30-26-22-18-14-10-2)89-67-91-84(48-44-40-36-32-28-24-20-16-12-4)92-68-90-83(47-43-39-35-31-27-23-19-15-11-3)88-66-86(81)98-94(74-51-59-78(106-6)60-52-74)100(88)112-71-114-102(90)96(76-55-63-80(108-8)64-56-76)104(92)116-72-115-103(91)95(75-53-61-79(107-7)62-54-75)101(89)113-70-111-99(87)93(97(85)109-69-110-98)73-49-57-77(105-5)58-50-73/h49-68,81-84H,9-48,69-72H2,1-4H3. The van der Waals surface area contributed by atoms with E-state index < -0.39 is 0 Å². The van der Waals surface area contributed by atoms with E-state index >= 15 is 0 Å². The first-order valence-corrected chi connectivity index (χ1v) is 45.1. The summed E-state index contributed by atoms with van der Waals surface area (Å²) in [5.74, 6) is 4.19. The molecule has 0 aromatic heterocycles. The lowest BCUT2D eigenvalue weighted by molar-refractivity contribution is 0.101. The molecule has 0 saturated carbocycles. The van der Waals surface area contributed by atoms with Crippen molar-refractivity contribution in [3.05, 3.63) is 212 Å². The van der Waals surface area contributed by atoms with Crippen molar-refractivity contribution >= 4 is 22.7 Å². The second kappa shape index (κ2) is 43.4. The maximum atomic E-state index is 8.26. The molecule has 0 saturated heterocycles. The van der Waals surface area contributed by atoms with E-state index in [4.69, 9.17) is 64.2 Å². The lowest BCUT2D eigenvalue weighted by Gasteiger charge is -2.38. The van der Waals surface area contributed by atoms with Crippen molar-refractivity contribution in [1.82, 2.24) is 0 Å². The monoisotopic (exact) mass is 1560 g/mol. The summed E-state index contributed by atoms with van der Waals surface area (Å²) >= 11 is 0. The molecule has 0 spiro atoms. The van der Waals surface area contributed by atoms with Crippen LogP contribution in [0.2, 0.25) is 0 Å². The van der Waals surface area contributed by atoms with Gasteiger partial charge in [-0.3, -0.25) is 0 Å². The van der Waals surface area contributed by atoms with Crippen molar-refractivity contribution in [1.29, 1.82) is 0 Å². The van der Waals surface area contributed by atoms with Gasteiger partial charge in [0.2, 0.25) is 27.2 Å². The van der Waals surface area contributed by atoms with Crippen molar-refractivity contribution < 1.29 is 37.9 Å². The Balaban J connectivity index is 1.16. The Bertz CT molecular complexity index is 3990. The third kappa shape index (κ3) is 20.2. The van der Waals surface area contributed by atoms with Crippen LogP contribution in [0.3, 0.4) is 0 Å². The zero-order chi connectivity index (χ0) is 80.2. The first kappa shape index (κ1) is 84.0. The van der Waals surface area contributed by atoms with Crippen LogP contribution in [0.5, 0.6) is 46.0 Å². The molecule has 608 valence electrons. The zero-order valence-electron chi connectivity index (χ0n) is 70.0. The van der Waals surface area contributed by atoms with Gasteiger partial charge in [0.05, 0.1) is 48.5 Å². The van der Waals surface area contributed by atoms with E-state index in [-0.39, 0.29) is 50.8 Å². The van der Waals surface area contributed by atoms with Gasteiger partial charge >= 0.3 is 0 Å². The summed E-state index contributed by atoms with van der Waals surface area (Å²) in [6, 6.07) is 41.9. The van der Waals surface area contributed by atoms with E-state index in [2.05, 4.69) is 120 Å². The van der Waals surface area contributed by atoms with Gasteiger partial charge in [-0.2, -0.15) is 0 Å². The number of nitrogens with zero attached hydrogens (tertiary/aromatic N) is 4.